The van der Waals surface area contributed by atoms with Gasteiger partial charge < -0.3 is 10.4 Å². The number of hydrogen-bond acceptors (Lipinski definition) is 4. The molecule has 0 amide bonds. The molecular weight excluding hydrogens is 212 g/mol. The van der Waals surface area contributed by atoms with Crippen molar-refractivity contribution >= 4 is 11.7 Å². The minimum Gasteiger partial charge on any atom is -0.480 e. The third kappa shape index (κ3) is 3.32. The summed E-state index contributed by atoms with van der Waals surface area (Å²) in [4.78, 5) is 20.5. The molecule has 0 heterocycles. The quantitative estimate of drug-likeness (QED) is 0.578. The van der Waals surface area contributed by atoms with Crippen molar-refractivity contribution in [1.29, 1.82) is 0 Å². The van der Waals surface area contributed by atoms with Gasteiger partial charge in [0.25, 0.3) is 5.69 Å². The zero-order chi connectivity index (χ0) is 12.1. The Morgan fingerprint density at radius 3 is 2.88 bits per heavy atom. The van der Waals surface area contributed by atoms with Crippen LogP contribution < -0.4 is 5.32 Å². The average molecular weight is 224 g/mol. The zero-order valence-corrected chi connectivity index (χ0v) is 8.71. The number of rotatable bonds is 5. The Labute approximate surface area is 92.0 Å². The maximum absolute atomic E-state index is 10.5. The fourth-order valence-electron chi connectivity index (χ4n) is 1.14. The van der Waals surface area contributed by atoms with Crippen molar-refractivity contribution in [2.24, 2.45) is 0 Å². The van der Waals surface area contributed by atoms with E-state index in [4.69, 9.17) is 5.11 Å². The van der Waals surface area contributed by atoms with Gasteiger partial charge in [0.1, 0.15) is 6.04 Å². The van der Waals surface area contributed by atoms with E-state index in [1.807, 2.05) is 0 Å². The number of carbonyl (C=O) groups is 1. The molecule has 1 aromatic rings. The number of aliphatic carboxylic acids is 1. The number of nitro benzene ring substituents is 1. The Balaban J connectivity index is 2.64. The third-order valence-corrected chi connectivity index (χ3v) is 2.10. The smallest absolute Gasteiger partial charge is 0.320 e. The molecule has 16 heavy (non-hydrogen) atoms. The topological polar surface area (TPSA) is 92.5 Å². The van der Waals surface area contributed by atoms with E-state index in [2.05, 4.69) is 5.32 Å². The van der Waals surface area contributed by atoms with Crippen LogP contribution in [0.4, 0.5) is 5.69 Å². The van der Waals surface area contributed by atoms with Gasteiger partial charge in [0.15, 0.2) is 0 Å². The zero-order valence-electron chi connectivity index (χ0n) is 8.71. The molecule has 0 unspecified atom stereocenters. The van der Waals surface area contributed by atoms with Crippen LogP contribution in [0, 0.1) is 10.1 Å². The van der Waals surface area contributed by atoms with Crippen molar-refractivity contribution in [2.45, 2.75) is 19.5 Å². The lowest BCUT2D eigenvalue weighted by Gasteiger charge is -2.08. The summed E-state index contributed by atoms with van der Waals surface area (Å²) in [6.07, 6.45) is 0. The lowest BCUT2D eigenvalue weighted by molar-refractivity contribution is -0.384. The van der Waals surface area contributed by atoms with Crippen molar-refractivity contribution in [3.05, 3.63) is 39.9 Å². The second-order valence-electron chi connectivity index (χ2n) is 3.37. The summed E-state index contributed by atoms with van der Waals surface area (Å²) < 4.78 is 0. The highest BCUT2D eigenvalue weighted by Gasteiger charge is 2.10. The van der Waals surface area contributed by atoms with Gasteiger partial charge in [0.2, 0.25) is 0 Å². The highest BCUT2D eigenvalue weighted by molar-refractivity contribution is 5.72. The molecule has 0 saturated carbocycles. The van der Waals surface area contributed by atoms with Crippen LogP contribution in [-0.4, -0.2) is 22.0 Å². The van der Waals surface area contributed by atoms with Crippen LogP contribution in [0.25, 0.3) is 0 Å². The van der Waals surface area contributed by atoms with Crippen molar-refractivity contribution in [1.82, 2.24) is 5.32 Å². The third-order valence-electron chi connectivity index (χ3n) is 2.10. The second kappa shape index (κ2) is 5.22. The molecule has 0 aliphatic heterocycles. The Bertz CT molecular complexity index is 406. The second-order valence-corrected chi connectivity index (χ2v) is 3.37. The van der Waals surface area contributed by atoms with E-state index in [-0.39, 0.29) is 12.2 Å². The van der Waals surface area contributed by atoms with Crippen molar-refractivity contribution in [3.63, 3.8) is 0 Å². The lowest BCUT2D eigenvalue weighted by atomic mass is 10.2. The van der Waals surface area contributed by atoms with Gasteiger partial charge in [-0.3, -0.25) is 14.9 Å². The molecule has 86 valence electrons. The van der Waals surface area contributed by atoms with E-state index < -0.39 is 16.9 Å². The minimum atomic E-state index is -0.953. The standard InChI is InChI=1S/C10H12N2O4/c1-7(10(13)14)11-6-8-3-2-4-9(5-8)12(15)16/h2-5,7,11H,6H2,1H3,(H,13,14)/t7-/m0/s1. The molecule has 0 aliphatic rings. The summed E-state index contributed by atoms with van der Waals surface area (Å²) in [5, 5.41) is 21.9. The molecule has 0 aromatic heterocycles. The number of hydrogen-bond donors (Lipinski definition) is 2. The Kier molecular flexibility index (Phi) is 3.96. The van der Waals surface area contributed by atoms with Crippen LogP contribution in [0.5, 0.6) is 0 Å². The first-order chi connectivity index (χ1) is 7.50. The molecule has 6 nitrogen and oxygen atoms in total. The first-order valence-electron chi connectivity index (χ1n) is 4.70. The maximum Gasteiger partial charge on any atom is 0.320 e. The van der Waals surface area contributed by atoms with Crippen LogP contribution in [0.15, 0.2) is 24.3 Å². The monoisotopic (exact) mass is 224 g/mol. The number of nitrogens with zero attached hydrogens (tertiary/aromatic N) is 1. The van der Waals surface area contributed by atoms with E-state index in [9.17, 15) is 14.9 Å². The van der Waals surface area contributed by atoms with Gasteiger partial charge in [-0.15, -0.1) is 0 Å². The number of carboxylic acid groups (broad SMARTS) is 1. The molecule has 6 heteroatoms. The summed E-state index contributed by atoms with van der Waals surface area (Å²) in [6.45, 7) is 1.80. The molecule has 0 bridgehead atoms. The minimum absolute atomic E-state index is 0.00211. The molecule has 0 saturated heterocycles. The summed E-state index contributed by atoms with van der Waals surface area (Å²) in [5.74, 6) is -0.953. The van der Waals surface area contributed by atoms with Crippen LogP contribution in [0.2, 0.25) is 0 Å². The number of benzene rings is 1. The van der Waals surface area contributed by atoms with Gasteiger partial charge in [-0.2, -0.15) is 0 Å². The molecule has 2 N–H and O–H groups in total. The summed E-state index contributed by atoms with van der Waals surface area (Å²) >= 11 is 0. The van der Waals surface area contributed by atoms with Crippen LogP contribution in [0.3, 0.4) is 0 Å². The number of non-ortho nitro benzene ring substituents is 1. The number of nitro groups is 1. The lowest BCUT2D eigenvalue weighted by Crippen LogP contribution is -2.33. The first kappa shape index (κ1) is 12.1. The summed E-state index contributed by atoms with van der Waals surface area (Å²) in [5.41, 5.74) is 0.685. The van der Waals surface area contributed by atoms with Crippen molar-refractivity contribution in [3.8, 4) is 0 Å². The van der Waals surface area contributed by atoms with Gasteiger partial charge in [0, 0.05) is 18.7 Å². The Morgan fingerprint density at radius 1 is 1.62 bits per heavy atom. The molecule has 1 rings (SSSR count). The Morgan fingerprint density at radius 2 is 2.31 bits per heavy atom. The molecule has 0 fully saturated rings. The predicted octanol–water partition coefficient (Wildman–Crippen LogP) is 1.16. The highest BCUT2D eigenvalue weighted by Crippen LogP contribution is 2.12. The molecule has 1 atom stereocenters. The number of carboxylic acids is 1. The SMILES string of the molecule is C[C@H](NCc1cccc([N+](=O)[O-])c1)C(=O)O. The molecule has 0 radical (unpaired) electrons. The number of nitrogens with one attached hydrogen (secondary N) is 1. The van der Waals surface area contributed by atoms with E-state index in [0.717, 1.165) is 0 Å². The van der Waals surface area contributed by atoms with E-state index >= 15 is 0 Å². The van der Waals surface area contributed by atoms with E-state index in [1.165, 1.54) is 19.1 Å². The van der Waals surface area contributed by atoms with Gasteiger partial charge in [-0.25, -0.2) is 0 Å². The fraction of sp³-hybridized carbons (Fsp3) is 0.300. The normalized spacial score (nSPS) is 12.1. The molecular formula is C10H12N2O4. The van der Waals surface area contributed by atoms with Gasteiger partial charge >= 0.3 is 5.97 Å². The van der Waals surface area contributed by atoms with Crippen molar-refractivity contribution in [2.75, 3.05) is 0 Å². The maximum atomic E-state index is 10.5. The molecule has 0 aliphatic carbocycles. The average Bonchev–Trinajstić information content (AvgIpc) is 2.26. The molecule has 0 spiro atoms. The van der Waals surface area contributed by atoms with E-state index in [1.54, 1.807) is 12.1 Å². The van der Waals surface area contributed by atoms with Gasteiger partial charge in [0.05, 0.1) is 4.92 Å². The summed E-state index contributed by atoms with van der Waals surface area (Å²) in [7, 11) is 0. The van der Waals surface area contributed by atoms with Crippen molar-refractivity contribution < 1.29 is 14.8 Å². The van der Waals surface area contributed by atoms with Gasteiger partial charge in [-0.1, -0.05) is 12.1 Å². The van der Waals surface area contributed by atoms with Crippen LogP contribution in [0.1, 0.15) is 12.5 Å². The van der Waals surface area contributed by atoms with Crippen LogP contribution in [-0.2, 0) is 11.3 Å². The molecule has 1 aromatic carbocycles. The van der Waals surface area contributed by atoms with E-state index in [0.29, 0.717) is 5.56 Å². The predicted molar refractivity (Wildman–Crippen MR) is 57.0 cm³/mol. The summed E-state index contributed by atoms with van der Waals surface area (Å²) in [6, 6.07) is 5.40. The Hall–Kier alpha value is -1.95. The van der Waals surface area contributed by atoms with Crippen LogP contribution >= 0.6 is 0 Å². The highest BCUT2D eigenvalue weighted by atomic mass is 16.6. The first-order valence-corrected chi connectivity index (χ1v) is 4.70. The van der Waals surface area contributed by atoms with Gasteiger partial charge in [-0.05, 0) is 12.5 Å². The fourth-order valence-corrected chi connectivity index (χ4v) is 1.14. The largest absolute Gasteiger partial charge is 0.480 e.